The van der Waals surface area contributed by atoms with Gasteiger partial charge in [0.15, 0.2) is 11.4 Å². The first-order chi connectivity index (χ1) is 9.50. The molecule has 0 radical (unpaired) electrons. The number of hydrogen-bond donors (Lipinski definition) is 2. The van der Waals surface area contributed by atoms with E-state index in [0.717, 1.165) is 5.56 Å². The second-order valence-electron chi connectivity index (χ2n) is 4.09. The quantitative estimate of drug-likeness (QED) is 0.855. The smallest absolute Gasteiger partial charge is 0.356 e. The van der Waals surface area contributed by atoms with E-state index >= 15 is 0 Å². The van der Waals surface area contributed by atoms with Crippen LogP contribution in [0, 0.1) is 0 Å². The Labute approximate surface area is 114 Å². The highest BCUT2D eigenvalue weighted by Crippen LogP contribution is 2.27. The molecule has 0 unspecified atom stereocenters. The molecule has 104 valence electrons. The first-order valence-corrected chi connectivity index (χ1v) is 5.68. The monoisotopic (exact) mass is 276 g/mol. The van der Waals surface area contributed by atoms with Crippen molar-refractivity contribution in [2.24, 2.45) is 7.05 Å². The maximum atomic E-state index is 11.2. The minimum Gasteiger partial charge on any atom is -0.485 e. The molecule has 0 spiro atoms. The summed E-state index contributed by atoms with van der Waals surface area (Å²) in [6.07, 6.45) is 4.35. The van der Waals surface area contributed by atoms with Crippen molar-refractivity contribution in [3.63, 3.8) is 0 Å². The SMILES string of the molecule is Cn1cc(C(=O)O)c(OCc2ccncc2)c1C(=O)O. The Hall–Kier alpha value is -2.83. The Bertz CT molecular complexity index is 648. The third-order valence-corrected chi connectivity index (χ3v) is 2.70. The van der Waals surface area contributed by atoms with E-state index in [0.29, 0.717) is 0 Å². The number of aromatic nitrogens is 2. The van der Waals surface area contributed by atoms with Crippen molar-refractivity contribution < 1.29 is 24.5 Å². The molecule has 2 rings (SSSR count). The molecule has 0 atom stereocenters. The lowest BCUT2D eigenvalue weighted by Gasteiger charge is -2.07. The van der Waals surface area contributed by atoms with Gasteiger partial charge in [-0.2, -0.15) is 0 Å². The summed E-state index contributed by atoms with van der Waals surface area (Å²) in [5, 5.41) is 18.2. The molecule has 0 bridgehead atoms. The molecule has 2 aromatic heterocycles. The standard InChI is InChI=1S/C13H12N2O5/c1-15-6-9(12(16)17)11(10(15)13(18)19)20-7-8-2-4-14-5-3-8/h2-6H,7H2,1H3,(H,16,17)(H,18,19). The number of carboxylic acids is 2. The van der Waals surface area contributed by atoms with E-state index in [1.54, 1.807) is 24.5 Å². The van der Waals surface area contributed by atoms with Crippen LogP contribution in [0.3, 0.4) is 0 Å². The van der Waals surface area contributed by atoms with E-state index in [9.17, 15) is 9.59 Å². The number of carboxylic acid groups (broad SMARTS) is 2. The topological polar surface area (TPSA) is 102 Å². The summed E-state index contributed by atoms with van der Waals surface area (Å²) >= 11 is 0. The van der Waals surface area contributed by atoms with Crippen molar-refractivity contribution in [2.45, 2.75) is 6.61 Å². The zero-order valence-electron chi connectivity index (χ0n) is 10.6. The molecular formula is C13H12N2O5. The highest BCUT2D eigenvalue weighted by Gasteiger charge is 2.25. The predicted octanol–water partition coefficient (Wildman–Crippen LogP) is 1.40. The second kappa shape index (κ2) is 5.43. The molecule has 0 saturated heterocycles. The lowest BCUT2D eigenvalue weighted by atomic mass is 10.2. The normalized spacial score (nSPS) is 10.2. The van der Waals surface area contributed by atoms with Crippen LogP contribution in [-0.2, 0) is 13.7 Å². The fourth-order valence-electron chi connectivity index (χ4n) is 1.79. The average molecular weight is 276 g/mol. The first kappa shape index (κ1) is 13.6. The Morgan fingerprint density at radius 2 is 1.90 bits per heavy atom. The number of nitrogens with zero attached hydrogens (tertiary/aromatic N) is 2. The number of hydrogen-bond acceptors (Lipinski definition) is 4. The van der Waals surface area contributed by atoms with Crippen LogP contribution in [0.1, 0.15) is 26.4 Å². The molecule has 0 aliphatic rings. The van der Waals surface area contributed by atoms with Crippen LogP contribution < -0.4 is 4.74 Å². The molecule has 2 aromatic rings. The van der Waals surface area contributed by atoms with Crippen molar-refractivity contribution in [1.82, 2.24) is 9.55 Å². The van der Waals surface area contributed by atoms with Gasteiger partial charge in [0, 0.05) is 25.6 Å². The summed E-state index contributed by atoms with van der Waals surface area (Å²) < 4.78 is 6.60. The van der Waals surface area contributed by atoms with Crippen LogP contribution >= 0.6 is 0 Å². The minimum absolute atomic E-state index is 0.0626. The van der Waals surface area contributed by atoms with Crippen LogP contribution in [0.25, 0.3) is 0 Å². The molecule has 7 nitrogen and oxygen atoms in total. The highest BCUT2D eigenvalue weighted by molar-refractivity contribution is 5.98. The van der Waals surface area contributed by atoms with E-state index < -0.39 is 11.9 Å². The lowest BCUT2D eigenvalue weighted by molar-refractivity contribution is 0.0681. The first-order valence-electron chi connectivity index (χ1n) is 5.68. The Kier molecular flexibility index (Phi) is 3.69. The van der Waals surface area contributed by atoms with E-state index in [-0.39, 0.29) is 23.6 Å². The van der Waals surface area contributed by atoms with Crippen LogP contribution in [-0.4, -0.2) is 31.7 Å². The molecule has 0 fully saturated rings. The van der Waals surface area contributed by atoms with Crippen LogP contribution in [0.4, 0.5) is 0 Å². The van der Waals surface area contributed by atoms with Crippen molar-refractivity contribution in [1.29, 1.82) is 0 Å². The fourth-order valence-corrected chi connectivity index (χ4v) is 1.79. The van der Waals surface area contributed by atoms with Crippen LogP contribution in [0.2, 0.25) is 0 Å². The van der Waals surface area contributed by atoms with Crippen molar-refractivity contribution in [3.8, 4) is 5.75 Å². The second-order valence-corrected chi connectivity index (χ2v) is 4.09. The van der Waals surface area contributed by atoms with Gasteiger partial charge >= 0.3 is 11.9 Å². The molecule has 0 saturated carbocycles. The van der Waals surface area contributed by atoms with Gasteiger partial charge in [-0.1, -0.05) is 0 Å². The highest BCUT2D eigenvalue weighted by atomic mass is 16.5. The van der Waals surface area contributed by atoms with E-state index in [2.05, 4.69) is 4.98 Å². The zero-order chi connectivity index (χ0) is 14.7. The van der Waals surface area contributed by atoms with Gasteiger partial charge in [-0.05, 0) is 17.7 Å². The van der Waals surface area contributed by atoms with Gasteiger partial charge in [-0.3, -0.25) is 4.98 Å². The number of pyridine rings is 1. The minimum atomic E-state index is -1.25. The number of aryl methyl sites for hydroxylation is 1. The maximum absolute atomic E-state index is 11.2. The Morgan fingerprint density at radius 1 is 1.25 bits per heavy atom. The summed E-state index contributed by atoms with van der Waals surface area (Å²) in [4.78, 5) is 26.2. The van der Waals surface area contributed by atoms with Gasteiger partial charge < -0.3 is 19.5 Å². The third-order valence-electron chi connectivity index (χ3n) is 2.70. The van der Waals surface area contributed by atoms with E-state index in [4.69, 9.17) is 14.9 Å². The number of carbonyl (C=O) groups is 2. The fraction of sp³-hybridized carbons (Fsp3) is 0.154. The summed E-state index contributed by atoms with van der Waals surface area (Å²) in [5.41, 5.74) is 0.381. The maximum Gasteiger partial charge on any atom is 0.356 e. The summed E-state index contributed by atoms with van der Waals surface area (Å²) in [7, 11) is 1.45. The van der Waals surface area contributed by atoms with Gasteiger partial charge in [0.1, 0.15) is 12.2 Å². The average Bonchev–Trinajstić information content (AvgIpc) is 2.74. The van der Waals surface area contributed by atoms with Gasteiger partial charge in [0.2, 0.25) is 0 Å². The van der Waals surface area contributed by atoms with Gasteiger partial charge in [-0.25, -0.2) is 9.59 Å². The molecule has 20 heavy (non-hydrogen) atoms. The number of rotatable bonds is 5. The van der Waals surface area contributed by atoms with Gasteiger partial charge in [-0.15, -0.1) is 0 Å². The molecule has 7 heteroatoms. The summed E-state index contributed by atoms with van der Waals surface area (Å²) in [6.45, 7) is 0.0626. The zero-order valence-corrected chi connectivity index (χ0v) is 10.6. The predicted molar refractivity (Wildman–Crippen MR) is 67.9 cm³/mol. The van der Waals surface area contributed by atoms with Crippen LogP contribution in [0.15, 0.2) is 30.7 Å². The van der Waals surface area contributed by atoms with Crippen molar-refractivity contribution >= 4 is 11.9 Å². The summed E-state index contributed by atoms with van der Waals surface area (Å²) in [5.74, 6) is -2.63. The van der Waals surface area contributed by atoms with Crippen LogP contribution in [0.5, 0.6) is 5.75 Å². The Morgan fingerprint density at radius 3 is 2.45 bits per heavy atom. The lowest BCUT2D eigenvalue weighted by Crippen LogP contribution is -2.08. The third kappa shape index (κ3) is 2.61. The molecule has 0 aliphatic heterocycles. The molecule has 0 aromatic carbocycles. The van der Waals surface area contributed by atoms with Crippen molar-refractivity contribution in [2.75, 3.05) is 0 Å². The molecule has 2 N–H and O–H groups in total. The summed E-state index contributed by atoms with van der Waals surface area (Å²) in [6, 6.07) is 3.40. The molecule has 0 amide bonds. The largest absolute Gasteiger partial charge is 0.485 e. The molecule has 2 heterocycles. The molecular weight excluding hydrogens is 264 g/mol. The van der Waals surface area contributed by atoms with Crippen molar-refractivity contribution in [3.05, 3.63) is 47.5 Å². The Balaban J connectivity index is 2.34. The van der Waals surface area contributed by atoms with E-state index in [1.165, 1.54) is 17.8 Å². The van der Waals surface area contributed by atoms with Gasteiger partial charge in [0.05, 0.1) is 0 Å². The number of ether oxygens (including phenoxy) is 1. The van der Waals surface area contributed by atoms with E-state index in [1.807, 2.05) is 0 Å². The van der Waals surface area contributed by atoms with Gasteiger partial charge in [0.25, 0.3) is 0 Å². The number of aromatic carboxylic acids is 2. The molecule has 0 aliphatic carbocycles.